The lowest BCUT2D eigenvalue weighted by Crippen LogP contribution is -2.32. The van der Waals surface area contributed by atoms with Gasteiger partial charge in [-0.1, -0.05) is 13.3 Å². The van der Waals surface area contributed by atoms with Crippen LogP contribution in [-0.4, -0.2) is 33.1 Å². The number of aliphatic carboxylic acids is 1. The Bertz CT molecular complexity index is 785. The van der Waals surface area contributed by atoms with Crippen molar-refractivity contribution in [1.29, 1.82) is 0 Å². The quantitative estimate of drug-likeness (QED) is 0.467. The molecule has 1 aromatic carbocycles. The molecule has 2 N–H and O–H groups in total. The van der Waals surface area contributed by atoms with Crippen LogP contribution in [0, 0.1) is 11.3 Å². The van der Waals surface area contributed by atoms with Crippen LogP contribution in [0.3, 0.4) is 0 Å². The Morgan fingerprint density at radius 1 is 1.23 bits per heavy atom. The number of hydrogen-bond donors (Lipinski definition) is 2. The minimum Gasteiger partial charge on any atom is -0.494 e. The molecule has 1 amide bonds. The standard InChI is InChI=1S/C23H33N3O4/c1-4-18(23(2,3)22(28)29)7-6-16-30-20-11-9-19(10-12-20)25-21(27)8-5-14-26-15-13-24-17-26/h9-13,15,17-18H,4-8,14,16H2,1-3H3,(H,25,27)(H,28,29). The van der Waals surface area contributed by atoms with E-state index in [1.54, 1.807) is 26.4 Å². The van der Waals surface area contributed by atoms with Crippen molar-refractivity contribution in [3.8, 4) is 5.75 Å². The fraction of sp³-hybridized carbons (Fsp3) is 0.522. The fourth-order valence-electron chi connectivity index (χ4n) is 3.47. The molecule has 1 aromatic heterocycles. The second kappa shape index (κ2) is 11.4. The Morgan fingerprint density at radius 2 is 1.97 bits per heavy atom. The molecule has 0 aliphatic heterocycles. The molecular formula is C23H33N3O4. The van der Waals surface area contributed by atoms with Gasteiger partial charge in [-0.2, -0.15) is 0 Å². The first-order valence-corrected chi connectivity index (χ1v) is 10.5. The number of amides is 1. The summed E-state index contributed by atoms with van der Waals surface area (Å²) in [4.78, 5) is 27.5. The molecule has 1 atom stereocenters. The summed E-state index contributed by atoms with van der Waals surface area (Å²) in [5.74, 6) is 0.0775. The molecule has 0 radical (unpaired) electrons. The van der Waals surface area contributed by atoms with Crippen molar-refractivity contribution in [3.63, 3.8) is 0 Å². The smallest absolute Gasteiger partial charge is 0.309 e. The van der Waals surface area contributed by atoms with Crippen LogP contribution < -0.4 is 10.1 Å². The Labute approximate surface area is 178 Å². The maximum atomic E-state index is 12.0. The number of nitrogens with one attached hydrogen (secondary N) is 1. The van der Waals surface area contributed by atoms with E-state index in [0.717, 1.165) is 43.7 Å². The van der Waals surface area contributed by atoms with Crippen molar-refractivity contribution < 1.29 is 19.4 Å². The van der Waals surface area contributed by atoms with E-state index in [9.17, 15) is 14.7 Å². The van der Waals surface area contributed by atoms with Crippen LogP contribution in [0.1, 0.15) is 52.9 Å². The van der Waals surface area contributed by atoms with Gasteiger partial charge in [0.1, 0.15) is 5.75 Å². The topological polar surface area (TPSA) is 93.5 Å². The highest BCUT2D eigenvalue weighted by molar-refractivity contribution is 5.90. The fourth-order valence-corrected chi connectivity index (χ4v) is 3.47. The number of carboxylic acid groups (broad SMARTS) is 1. The van der Waals surface area contributed by atoms with E-state index < -0.39 is 11.4 Å². The van der Waals surface area contributed by atoms with Crippen molar-refractivity contribution in [2.24, 2.45) is 11.3 Å². The number of aryl methyl sites for hydroxylation is 1. The van der Waals surface area contributed by atoms with Gasteiger partial charge in [-0.3, -0.25) is 9.59 Å². The Kier molecular flexibility index (Phi) is 8.89. The molecule has 7 heteroatoms. The number of carboxylic acids is 1. The molecule has 0 aliphatic rings. The second-order valence-electron chi connectivity index (χ2n) is 8.10. The van der Waals surface area contributed by atoms with Crippen LogP contribution >= 0.6 is 0 Å². The number of benzene rings is 1. The third-order valence-corrected chi connectivity index (χ3v) is 5.55. The third-order valence-electron chi connectivity index (χ3n) is 5.55. The van der Waals surface area contributed by atoms with Gasteiger partial charge in [0.25, 0.3) is 0 Å². The number of ether oxygens (including phenoxy) is 1. The molecule has 2 aromatic rings. The van der Waals surface area contributed by atoms with E-state index in [2.05, 4.69) is 10.3 Å². The van der Waals surface area contributed by atoms with E-state index in [0.29, 0.717) is 13.0 Å². The Hall–Kier alpha value is -2.83. The molecule has 7 nitrogen and oxygen atoms in total. The lowest BCUT2D eigenvalue weighted by molar-refractivity contribution is -0.150. The van der Waals surface area contributed by atoms with Crippen LogP contribution in [0.2, 0.25) is 0 Å². The summed E-state index contributed by atoms with van der Waals surface area (Å²) < 4.78 is 7.72. The van der Waals surface area contributed by atoms with Gasteiger partial charge in [0.15, 0.2) is 0 Å². The number of carbonyl (C=O) groups excluding carboxylic acids is 1. The number of rotatable bonds is 13. The molecule has 0 fully saturated rings. The number of hydrogen-bond acceptors (Lipinski definition) is 4. The Morgan fingerprint density at radius 3 is 2.57 bits per heavy atom. The second-order valence-corrected chi connectivity index (χ2v) is 8.10. The third kappa shape index (κ3) is 7.21. The summed E-state index contributed by atoms with van der Waals surface area (Å²) in [5, 5.41) is 12.3. The maximum Gasteiger partial charge on any atom is 0.309 e. The van der Waals surface area contributed by atoms with E-state index in [1.165, 1.54) is 0 Å². The molecular weight excluding hydrogens is 382 g/mol. The van der Waals surface area contributed by atoms with Crippen LogP contribution in [0.4, 0.5) is 5.69 Å². The van der Waals surface area contributed by atoms with E-state index in [4.69, 9.17) is 4.74 Å². The van der Waals surface area contributed by atoms with Crippen molar-refractivity contribution in [1.82, 2.24) is 9.55 Å². The van der Waals surface area contributed by atoms with E-state index in [1.807, 2.05) is 42.0 Å². The van der Waals surface area contributed by atoms with Crippen molar-refractivity contribution in [3.05, 3.63) is 43.0 Å². The molecule has 30 heavy (non-hydrogen) atoms. The maximum absolute atomic E-state index is 12.0. The van der Waals surface area contributed by atoms with Gasteiger partial charge in [-0.15, -0.1) is 0 Å². The molecule has 164 valence electrons. The number of aromatic nitrogens is 2. The lowest BCUT2D eigenvalue weighted by atomic mass is 9.75. The summed E-state index contributed by atoms with van der Waals surface area (Å²) >= 11 is 0. The first-order chi connectivity index (χ1) is 14.3. The zero-order chi connectivity index (χ0) is 22.0. The minimum absolute atomic E-state index is 0.0181. The highest BCUT2D eigenvalue weighted by Gasteiger charge is 2.35. The highest BCUT2D eigenvalue weighted by Crippen LogP contribution is 2.33. The van der Waals surface area contributed by atoms with Crippen LogP contribution in [-0.2, 0) is 16.1 Å². The molecule has 0 bridgehead atoms. The SMILES string of the molecule is CCC(CCCOc1ccc(NC(=O)CCCn2ccnc2)cc1)C(C)(C)C(=O)O. The van der Waals surface area contributed by atoms with Crippen LogP contribution in [0.15, 0.2) is 43.0 Å². The number of carbonyl (C=O) groups is 2. The summed E-state index contributed by atoms with van der Waals surface area (Å²) in [6.45, 7) is 6.90. The van der Waals surface area contributed by atoms with Crippen LogP contribution in [0.25, 0.3) is 0 Å². The van der Waals surface area contributed by atoms with Gasteiger partial charge in [0, 0.05) is 31.0 Å². The van der Waals surface area contributed by atoms with Gasteiger partial charge >= 0.3 is 5.97 Å². The monoisotopic (exact) mass is 415 g/mol. The van der Waals surface area contributed by atoms with Gasteiger partial charge in [0.05, 0.1) is 18.3 Å². The molecule has 0 saturated carbocycles. The average molecular weight is 416 g/mol. The van der Waals surface area contributed by atoms with Gasteiger partial charge in [-0.25, -0.2) is 4.98 Å². The first-order valence-electron chi connectivity index (χ1n) is 10.5. The largest absolute Gasteiger partial charge is 0.494 e. The lowest BCUT2D eigenvalue weighted by Gasteiger charge is -2.29. The first kappa shape index (κ1) is 23.4. The predicted octanol–water partition coefficient (Wildman–Crippen LogP) is 4.60. The van der Waals surface area contributed by atoms with Crippen LogP contribution in [0.5, 0.6) is 5.75 Å². The summed E-state index contributed by atoms with van der Waals surface area (Å²) in [6.07, 6.45) is 8.98. The summed E-state index contributed by atoms with van der Waals surface area (Å²) in [6, 6.07) is 7.32. The van der Waals surface area contributed by atoms with Crippen molar-refractivity contribution >= 4 is 17.6 Å². The van der Waals surface area contributed by atoms with Gasteiger partial charge in [-0.05, 0) is 63.3 Å². The average Bonchev–Trinajstić information content (AvgIpc) is 3.22. The van der Waals surface area contributed by atoms with Crippen molar-refractivity contribution in [2.75, 3.05) is 11.9 Å². The molecule has 0 aliphatic carbocycles. The molecule has 1 heterocycles. The van der Waals surface area contributed by atoms with Crippen molar-refractivity contribution in [2.45, 2.75) is 59.4 Å². The van der Waals surface area contributed by atoms with E-state index in [-0.39, 0.29) is 11.8 Å². The normalized spacial score (nSPS) is 12.4. The number of nitrogens with zero attached hydrogens (tertiary/aromatic N) is 2. The zero-order valence-corrected chi connectivity index (χ0v) is 18.1. The minimum atomic E-state index is -0.755. The zero-order valence-electron chi connectivity index (χ0n) is 18.1. The summed E-state index contributed by atoms with van der Waals surface area (Å²) in [5.41, 5.74) is 0.0112. The Balaban J connectivity index is 1.68. The number of imidazole rings is 1. The summed E-state index contributed by atoms with van der Waals surface area (Å²) in [7, 11) is 0. The molecule has 1 unspecified atom stereocenters. The molecule has 0 spiro atoms. The molecule has 0 saturated heterocycles. The molecule has 2 rings (SSSR count). The highest BCUT2D eigenvalue weighted by atomic mass is 16.5. The van der Waals surface area contributed by atoms with Gasteiger partial charge < -0.3 is 19.7 Å². The number of anilines is 1. The van der Waals surface area contributed by atoms with E-state index >= 15 is 0 Å². The predicted molar refractivity (Wildman–Crippen MR) is 116 cm³/mol. The van der Waals surface area contributed by atoms with Gasteiger partial charge in [0.2, 0.25) is 5.91 Å².